The van der Waals surface area contributed by atoms with E-state index in [1.165, 1.54) is 21.1 Å². The molecule has 1 unspecified atom stereocenters. The highest BCUT2D eigenvalue weighted by molar-refractivity contribution is 7.89. The number of aliphatic hydroxyl groups is 1. The zero-order chi connectivity index (χ0) is 12.1. The summed E-state index contributed by atoms with van der Waals surface area (Å²) < 4.78 is 28.4. The first-order valence-corrected chi connectivity index (χ1v) is 6.09. The smallest absolute Gasteiger partial charge is 0.306 e. The Hall–Kier alpha value is -0.660. The predicted molar refractivity (Wildman–Crippen MR) is 54.7 cm³/mol. The first-order valence-electron chi connectivity index (χ1n) is 4.48. The van der Waals surface area contributed by atoms with E-state index in [9.17, 15) is 13.2 Å². The van der Waals surface area contributed by atoms with E-state index in [0.29, 0.717) is 0 Å². The van der Waals surface area contributed by atoms with Gasteiger partial charge in [-0.2, -0.15) is 0 Å². The third-order valence-electron chi connectivity index (χ3n) is 1.79. The lowest BCUT2D eigenvalue weighted by atomic mass is 10.4. The summed E-state index contributed by atoms with van der Waals surface area (Å²) in [6.45, 7) is 1.51. The number of likely N-dealkylation sites (N-methyl/N-ethyl adjacent to an activating group) is 1. The number of aliphatic hydroxyl groups excluding tert-OH is 1. The van der Waals surface area contributed by atoms with Gasteiger partial charge in [-0.1, -0.05) is 0 Å². The number of esters is 1. The molecule has 0 aromatic rings. The van der Waals surface area contributed by atoms with E-state index in [2.05, 4.69) is 4.74 Å². The lowest BCUT2D eigenvalue weighted by molar-refractivity contribution is -0.140. The molecule has 0 saturated carbocycles. The molecule has 0 aromatic carbocycles. The Bertz CT molecular complexity index is 298. The summed E-state index contributed by atoms with van der Waals surface area (Å²) >= 11 is 0. The summed E-state index contributed by atoms with van der Waals surface area (Å²) in [5.41, 5.74) is 0. The van der Waals surface area contributed by atoms with E-state index >= 15 is 0 Å². The van der Waals surface area contributed by atoms with Crippen molar-refractivity contribution >= 4 is 16.0 Å². The van der Waals surface area contributed by atoms with Crippen molar-refractivity contribution in [2.24, 2.45) is 0 Å². The fourth-order valence-corrected chi connectivity index (χ4v) is 2.14. The maximum Gasteiger partial charge on any atom is 0.306 e. The zero-order valence-electron chi connectivity index (χ0n) is 9.13. The second-order valence-corrected chi connectivity index (χ2v) is 5.47. The molecule has 0 radical (unpaired) electrons. The van der Waals surface area contributed by atoms with Crippen LogP contribution in [0.5, 0.6) is 0 Å². The second kappa shape index (κ2) is 6.04. The Morgan fingerprint density at radius 1 is 1.53 bits per heavy atom. The molecule has 0 amide bonds. The van der Waals surface area contributed by atoms with Crippen LogP contribution >= 0.6 is 0 Å². The van der Waals surface area contributed by atoms with Crippen molar-refractivity contribution in [1.82, 2.24) is 4.31 Å². The largest absolute Gasteiger partial charge is 0.469 e. The van der Waals surface area contributed by atoms with Crippen LogP contribution in [0.1, 0.15) is 13.3 Å². The monoisotopic (exact) mass is 239 g/mol. The van der Waals surface area contributed by atoms with Crippen LogP contribution in [0.4, 0.5) is 0 Å². The molecule has 0 aliphatic heterocycles. The molecule has 0 bridgehead atoms. The number of nitrogens with zero attached hydrogens (tertiary/aromatic N) is 1. The van der Waals surface area contributed by atoms with Crippen LogP contribution in [0, 0.1) is 0 Å². The minimum Gasteiger partial charge on any atom is -0.469 e. The van der Waals surface area contributed by atoms with Gasteiger partial charge in [-0.25, -0.2) is 12.7 Å². The number of hydrogen-bond acceptors (Lipinski definition) is 5. The Kier molecular flexibility index (Phi) is 5.77. The highest BCUT2D eigenvalue weighted by Crippen LogP contribution is 2.02. The van der Waals surface area contributed by atoms with Gasteiger partial charge in [0.15, 0.2) is 0 Å². The van der Waals surface area contributed by atoms with Crippen LogP contribution in [0.25, 0.3) is 0 Å². The van der Waals surface area contributed by atoms with Crippen LogP contribution in [-0.4, -0.2) is 56.4 Å². The predicted octanol–water partition coefficient (Wildman–Crippen LogP) is -0.808. The van der Waals surface area contributed by atoms with Crippen LogP contribution in [0.2, 0.25) is 0 Å². The lowest BCUT2D eigenvalue weighted by Crippen LogP contribution is -2.35. The number of methoxy groups -OCH3 is 1. The van der Waals surface area contributed by atoms with Crippen molar-refractivity contribution in [2.45, 2.75) is 19.4 Å². The third kappa shape index (κ3) is 5.71. The minimum absolute atomic E-state index is 0.0174. The summed E-state index contributed by atoms with van der Waals surface area (Å²) in [5, 5.41) is 9.01. The summed E-state index contributed by atoms with van der Waals surface area (Å²) in [7, 11) is -0.925. The average molecular weight is 239 g/mol. The Morgan fingerprint density at radius 2 is 2.07 bits per heavy atom. The minimum atomic E-state index is -3.49. The van der Waals surface area contributed by atoms with E-state index in [1.807, 2.05) is 0 Å². The molecular weight excluding hydrogens is 222 g/mol. The fourth-order valence-electron chi connectivity index (χ4n) is 0.956. The molecule has 1 N–H and O–H groups in total. The molecule has 90 valence electrons. The summed E-state index contributed by atoms with van der Waals surface area (Å²) in [5.74, 6) is -0.868. The van der Waals surface area contributed by atoms with Crippen LogP contribution in [-0.2, 0) is 19.6 Å². The fraction of sp³-hybridized carbons (Fsp3) is 0.875. The van der Waals surface area contributed by atoms with Gasteiger partial charge in [-0.3, -0.25) is 4.79 Å². The quantitative estimate of drug-likeness (QED) is 0.613. The second-order valence-electron chi connectivity index (χ2n) is 3.27. The van der Waals surface area contributed by atoms with Crippen molar-refractivity contribution in [3.8, 4) is 0 Å². The van der Waals surface area contributed by atoms with Crippen LogP contribution in [0.3, 0.4) is 0 Å². The van der Waals surface area contributed by atoms with Gasteiger partial charge in [0.25, 0.3) is 0 Å². The number of hydrogen-bond donors (Lipinski definition) is 1. The van der Waals surface area contributed by atoms with Crippen molar-refractivity contribution < 1.29 is 23.1 Å². The van der Waals surface area contributed by atoms with Gasteiger partial charge in [0.05, 0.1) is 25.4 Å². The highest BCUT2D eigenvalue weighted by atomic mass is 32.2. The van der Waals surface area contributed by atoms with Gasteiger partial charge in [0, 0.05) is 13.6 Å². The van der Waals surface area contributed by atoms with Gasteiger partial charge >= 0.3 is 5.97 Å². The summed E-state index contributed by atoms with van der Waals surface area (Å²) in [6, 6.07) is 0. The summed E-state index contributed by atoms with van der Waals surface area (Å²) in [4.78, 5) is 10.7. The third-order valence-corrected chi connectivity index (χ3v) is 3.61. The van der Waals surface area contributed by atoms with E-state index in [4.69, 9.17) is 5.11 Å². The molecule has 0 spiro atoms. The Balaban J connectivity index is 4.23. The summed E-state index contributed by atoms with van der Waals surface area (Å²) in [6.07, 6.45) is -0.911. The maximum absolute atomic E-state index is 11.5. The molecule has 0 fully saturated rings. The van der Waals surface area contributed by atoms with Gasteiger partial charge in [0.2, 0.25) is 10.0 Å². The van der Waals surface area contributed by atoms with Crippen LogP contribution < -0.4 is 0 Å². The van der Waals surface area contributed by atoms with E-state index in [1.54, 1.807) is 0 Å². The van der Waals surface area contributed by atoms with E-state index in [-0.39, 0.29) is 18.7 Å². The number of sulfonamides is 1. The molecule has 0 aliphatic rings. The van der Waals surface area contributed by atoms with Crippen molar-refractivity contribution in [3.05, 3.63) is 0 Å². The molecule has 7 heteroatoms. The van der Waals surface area contributed by atoms with Crippen molar-refractivity contribution in [2.75, 3.05) is 26.5 Å². The molecule has 6 nitrogen and oxygen atoms in total. The zero-order valence-corrected chi connectivity index (χ0v) is 9.95. The molecular formula is C8H17NO5S. The lowest BCUT2D eigenvalue weighted by Gasteiger charge is -2.18. The molecule has 1 atom stereocenters. The van der Waals surface area contributed by atoms with Gasteiger partial charge in [-0.15, -0.1) is 0 Å². The normalized spacial score (nSPS) is 13.9. The standard InChI is InChI=1S/C8H17NO5S/c1-7(10)6-9(2)15(12,13)5-4-8(11)14-3/h7,10H,4-6H2,1-3H3. The van der Waals surface area contributed by atoms with Gasteiger partial charge in [-0.05, 0) is 6.92 Å². The molecule has 0 heterocycles. The number of rotatable bonds is 6. The Morgan fingerprint density at radius 3 is 2.47 bits per heavy atom. The van der Waals surface area contributed by atoms with Gasteiger partial charge < -0.3 is 9.84 Å². The number of carbonyl (C=O) groups is 1. The molecule has 0 aromatic heterocycles. The van der Waals surface area contributed by atoms with Crippen LogP contribution in [0.15, 0.2) is 0 Å². The average Bonchev–Trinajstić information content (AvgIpc) is 2.13. The molecule has 0 saturated heterocycles. The Labute approximate surface area is 89.9 Å². The van der Waals surface area contributed by atoms with Crippen molar-refractivity contribution in [1.29, 1.82) is 0 Å². The maximum atomic E-state index is 11.5. The van der Waals surface area contributed by atoms with Crippen molar-refractivity contribution in [3.63, 3.8) is 0 Å². The first kappa shape index (κ1) is 14.3. The highest BCUT2D eigenvalue weighted by Gasteiger charge is 2.20. The topological polar surface area (TPSA) is 83.9 Å². The molecule has 15 heavy (non-hydrogen) atoms. The van der Waals surface area contributed by atoms with E-state index in [0.717, 1.165) is 4.31 Å². The SMILES string of the molecule is COC(=O)CCS(=O)(=O)N(C)CC(C)O. The number of ether oxygens (including phenoxy) is 1. The first-order chi connectivity index (χ1) is 6.79. The molecule has 0 aliphatic carbocycles. The van der Waals surface area contributed by atoms with Gasteiger partial charge in [0.1, 0.15) is 0 Å². The molecule has 0 rings (SSSR count). The van der Waals surface area contributed by atoms with E-state index < -0.39 is 22.1 Å². The number of carbonyl (C=O) groups excluding carboxylic acids is 1.